The number of hydrogen-bond acceptors (Lipinski definition) is 5. The maximum atomic E-state index is 13.8. The van der Waals surface area contributed by atoms with Crippen LogP contribution in [0.25, 0.3) is 17.4 Å². The number of furan rings is 1. The number of nitrogens with zero attached hydrogens (tertiary/aromatic N) is 1. The smallest absolute Gasteiger partial charge is 0.270 e. The highest BCUT2D eigenvalue weighted by molar-refractivity contribution is 5.98. The van der Waals surface area contributed by atoms with Crippen LogP contribution in [-0.2, 0) is 4.79 Å². The van der Waals surface area contributed by atoms with Crippen LogP contribution in [0.2, 0.25) is 0 Å². The molecule has 0 atom stereocenters. The highest BCUT2D eigenvalue weighted by atomic mass is 19.1. The quantitative estimate of drug-likeness (QED) is 0.390. The summed E-state index contributed by atoms with van der Waals surface area (Å²) in [6.07, 6.45) is 2.46. The second-order valence-corrected chi connectivity index (χ2v) is 5.77. The Morgan fingerprint density at radius 3 is 2.59 bits per heavy atom. The van der Waals surface area contributed by atoms with E-state index >= 15 is 0 Å². The Morgan fingerprint density at radius 1 is 1.03 bits per heavy atom. The van der Waals surface area contributed by atoms with E-state index in [0.29, 0.717) is 17.1 Å². The molecule has 0 radical (unpaired) electrons. The predicted octanol–water partition coefficient (Wildman–Crippen LogP) is 3.47. The highest BCUT2D eigenvalue weighted by Gasteiger charge is 2.12. The number of hydrogen-bond donors (Lipinski definition) is 2. The highest BCUT2D eigenvalue weighted by Crippen LogP contribution is 2.25. The van der Waals surface area contributed by atoms with Gasteiger partial charge in [0.1, 0.15) is 17.3 Å². The van der Waals surface area contributed by atoms with Crippen LogP contribution in [0.3, 0.4) is 0 Å². The lowest BCUT2D eigenvalue weighted by molar-refractivity contribution is -0.384. The van der Waals surface area contributed by atoms with Crippen LogP contribution in [0.4, 0.5) is 10.1 Å². The van der Waals surface area contributed by atoms with E-state index in [1.54, 1.807) is 30.3 Å². The molecule has 0 aliphatic rings. The van der Waals surface area contributed by atoms with Gasteiger partial charge in [-0.2, -0.15) is 0 Å². The van der Waals surface area contributed by atoms with E-state index in [-0.39, 0.29) is 11.3 Å². The fourth-order valence-corrected chi connectivity index (χ4v) is 2.40. The van der Waals surface area contributed by atoms with Crippen molar-refractivity contribution in [3.8, 4) is 11.3 Å². The molecular weight excluding hydrogens is 381 g/mol. The van der Waals surface area contributed by atoms with Crippen molar-refractivity contribution in [1.82, 2.24) is 10.9 Å². The van der Waals surface area contributed by atoms with Gasteiger partial charge in [0.25, 0.3) is 17.5 Å². The van der Waals surface area contributed by atoms with Crippen molar-refractivity contribution < 1.29 is 23.3 Å². The number of amides is 2. The first kappa shape index (κ1) is 19.5. The lowest BCUT2D eigenvalue weighted by atomic mass is 10.1. The summed E-state index contributed by atoms with van der Waals surface area (Å²) < 4.78 is 19.2. The Labute approximate surface area is 163 Å². The monoisotopic (exact) mass is 395 g/mol. The van der Waals surface area contributed by atoms with Gasteiger partial charge in [-0.1, -0.05) is 18.2 Å². The van der Waals surface area contributed by atoms with Crippen molar-refractivity contribution in [3.63, 3.8) is 0 Å². The lowest BCUT2D eigenvalue weighted by Crippen LogP contribution is -2.40. The van der Waals surface area contributed by atoms with Crippen molar-refractivity contribution in [3.05, 3.63) is 94.0 Å². The molecule has 0 aliphatic carbocycles. The first-order chi connectivity index (χ1) is 13.9. The molecule has 0 spiro atoms. The molecule has 2 amide bonds. The topological polar surface area (TPSA) is 114 Å². The summed E-state index contributed by atoms with van der Waals surface area (Å²) in [7, 11) is 0. The number of halogens is 1. The lowest BCUT2D eigenvalue weighted by Gasteiger charge is -2.05. The second kappa shape index (κ2) is 8.61. The summed E-state index contributed by atoms with van der Waals surface area (Å²) in [6, 6.07) is 14.3. The SMILES string of the molecule is O=C(/C=C/c1ccc(-c2ccccc2F)o1)NNC(=O)c1cccc([N+](=O)[O-])c1. The Balaban J connectivity index is 1.58. The Morgan fingerprint density at radius 2 is 1.83 bits per heavy atom. The van der Waals surface area contributed by atoms with Crippen LogP contribution in [0.15, 0.2) is 71.2 Å². The second-order valence-electron chi connectivity index (χ2n) is 5.77. The molecule has 0 fully saturated rings. The Hall–Kier alpha value is -4.27. The molecule has 29 heavy (non-hydrogen) atoms. The molecule has 8 nitrogen and oxygen atoms in total. The van der Waals surface area contributed by atoms with E-state index in [4.69, 9.17) is 4.42 Å². The van der Waals surface area contributed by atoms with E-state index < -0.39 is 22.6 Å². The van der Waals surface area contributed by atoms with Crippen molar-refractivity contribution in [1.29, 1.82) is 0 Å². The van der Waals surface area contributed by atoms with Crippen molar-refractivity contribution in [2.75, 3.05) is 0 Å². The molecule has 0 saturated carbocycles. The number of carbonyl (C=O) groups excluding carboxylic acids is 2. The normalized spacial score (nSPS) is 10.7. The number of nitro benzene ring substituents is 1. The number of non-ortho nitro benzene ring substituents is 1. The molecule has 0 unspecified atom stereocenters. The first-order valence-corrected chi connectivity index (χ1v) is 8.31. The van der Waals surface area contributed by atoms with Crippen molar-refractivity contribution >= 4 is 23.6 Å². The van der Waals surface area contributed by atoms with Crippen LogP contribution in [0.5, 0.6) is 0 Å². The van der Waals surface area contributed by atoms with Crippen LogP contribution in [0.1, 0.15) is 16.1 Å². The van der Waals surface area contributed by atoms with Gasteiger partial charge in [-0.25, -0.2) is 4.39 Å². The third-order valence-electron chi connectivity index (χ3n) is 3.78. The van der Waals surface area contributed by atoms with Gasteiger partial charge in [0.15, 0.2) is 0 Å². The maximum absolute atomic E-state index is 13.8. The van der Waals surface area contributed by atoms with Gasteiger partial charge in [0.05, 0.1) is 10.5 Å². The summed E-state index contributed by atoms with van der Waals surface area (Å²) in [5.41, 5.74) is 4.36. The molecule has 2 aromatic carbocycles. The summed E-state index contributed by atoms with van der Waals surface area (Å²) in [5.74, 6) is -1.19. The molecule has 2 N–H and O–H groups in total. The predicted molar refractivity (Wildman–Crippen MR) is 102 cm³/mol. The van der Waals surface area contributed by atoms with E-state index in [1.165, 1.54) is 30.3 Å². The van der Waals surface area contributed by atoms with Gasteiger partial charge in [-0.15, -0.1) is 0 Å². The number of carbonyl (C=O) groups is 2. The summed E-state index contributed by atoms with van der Waals surface area (Å²) in [4.78, 5) is 33.9. The molecule has 1 heterocycles. The number of nitrogens with one attached hydrogen (secondary N) is 2. The fourth-order valence-electron chi connectivity index (χ4n) is 2.40. The molecular formula is C20H14FN3O5. The molecule has 0 aliphatic heterocycles. The van der Waals surface area contributed by atoms with Gasteiger partial charge in [-0.05, 0) is 36.4 Å². The van der Waals surface area contributed by atoms with Crippen molar-refractivity contribution in [2.24, 2.45) is 0 Å². The van der Waals surface area contributed by atoms with Crippen LogP contribution < -0.4 is 10.9 Å². The summed E-state index contributed by atoms with van der Waals surface area (Å²) >= 11 is 0. The minimum atomic E-state index is -0.713. The van der Waals surface area contributed by atoms with Gasteiger partial charge in [0.2, 0.25) is 0 Å². The van der Waals surface area contributed by atoms with E-state index in [1.807, 2.05) is 0 Å². The van der Waals surface area contributed by atoms with E-state index in [9.17, 15) is 24.1 Å². The number of nitro groups is 1. The standard InChI is InChI=1S/C20H14FN3O5/c21-17-7-2-1-6-16(17)18-10-8-15(29-18)9-11-19(25)22-23-20(26)13-4-3-5-14(12-13)24(27)28/h1-12H,(H,22,25)(H,23,26)/b11-9+. The fraction of sp³-hybridized carbons (Fsp3) is 0. The minimum absolute atomic E-state index is 0.0176. The molecule has 9 heteroatoms. The summed E-state index contributed by atoms with van der Waals surface area (Å²) in [5, 5.41) is 10.7. The molecule has 3 aromatic rings. The first-order valence-electron chi connectivity index (χ1n) is 8.31. The zero-order valence-corrected chi connectivity index (χ0v) is 14.8. The Bertz CT molecular complexity index is 1110. The van der Waals surface area contributed by atoms with Crippen LogP contribution in [0, 0.1) is 15.9 Å². The summed E-state index contributed by atoms with van der Waals surface area (Å²) in [6.45, 7) is 0. The average molecular weight is 395 g/mol. The minimum Gasteiger partial charge on any atom is -0.457 e. The van der Waals surface area contributed by atoms with Crippen LogP contribution >= 0.6 is 0 Å². The molecule has 3 rings (SSSR count). The number of benzene rings is 2. The number of rotatable bonds is 5. The molecule has 0 saturated heterocycles. The molecule has 1 aromatic heterocycles. The molecule has 0 bridgehead atoms. The van der Waals surface area contributed by atoms with Gasteiger partial charge in [-0.3, -0.25) is 30.6 Å². The van der Waals surface area contributed by atoms with Crippen molar-refractivity contribution in [2.45, 2.75) is 0 Å². The van der Waals surface area contributed by atoms with E-state index in [2.05, 4.69) is 10.9 Å². The Kier molecular flexibility index (Phi) is 5.79. The maximum Gasteiger partial charge on any atom is 0.270 e. The zero-order valence-electron chi connectivity index (χ0n) is 14.8. The van der Waals surface area contributed by atoms with Gasteiger partial charge >= 0.3 is 0 Å². The van der Waals surface area contributed by atoms with Crippen LogP contribution in [-0.4, -0.2) is 16.7 Å². The third-order valence-corrected chi connectivity index (χ3v) is 3.78. The average Bonchev–Trinajstić information content (AvgIpc) is 3.19. The third kappa shape index (κ3) is 4.92. The van der Waals surface area contributed by atoms with E-state index in [0.717, 1.165) is 12.1 Å². The molecule has 146 valence electrons. The number of hydrazine groups is 1. The van der Waals surface area contributed by atoms with Gasteiger partial charge < -0.3 is 4.42 Å². The zero-order chi connectivity index (χ0) is 20.8. The van der Waals surface area contributed by atoms with Gasteiger partial charge in [0, 0.05) is 23.8 Å². The largest absolute Gasteiger partial charge is 0.457 e.